The number of methoxy groups -OCH3 is 2. The van der Waals surface area contributed by atoms with Gasteiger partial charge in [-0.05, 0) is 76.8 Å². The van der Waals surface area contributed by atoms with Crippen LogP contribution >= 0.6 is 0 Å². The van der Waals surface area contributed by atoms with E-state index in [1.54, 1.807) is 32.8 Å². The van der Waals surface area contributed by atoms with E-state index >= 15 is 0 Å². The van der Waals surface area contributed by atoms with Crippen molar-refractivity contribution in [3.63, 3.8) is 0 Å². The molecule has 2 heterocycles. The molecule has 0 spiro atoms. The minimum atomic E-state index is -1.01. The van der Waals surface area contributed by atoms with Crippen molar-refractivity contribution in [3.05, 3.63) is 41.7 Å². The van der Waals surface area contributed by atoms with Crippen LogP contribution in [0.1, 0.15) is 45.1 Å². The molecule has 43 heavy (non-hydrogen) atoms. The molecule has 2 aromatic rings. The molecule has 10 nitrogen and oxygen atoms in total. The first-order valence-corrected chi connectivity index (χ1v) is 14.9. The van der Waals surface area contributed by atoms with E-state index in [0.29, 0.717) is 73.2 Å². The van der Waals surface area contributed by atoms with Gasteiger partial charge in [0.15, 0.2) is 5.60 Å². The molecule has 3 amide bonds. The van der Waals surface area contributed by atoms with Crippen molar-refractivity contribution in [2.75, 3.05) is 55.6 Å². The molecule has 11 heteroatoms. The van der Waals surface area contributed by atoms with Gasteiger partial charge in [-0.3, -0.25) is 14.4 Å². The van der Waals surface area contributed by atoms with E-state index in [4.69, 9.17) is 14.2 Å². The maximum Gasteiger partial charge on any atom is 0.270 e. The van der Waals surface area contributed by atoms with Crippen LogP contribution in [0.25, 0.3) is 0 Å². The summed E-state index contributed by atoms with van der Waals surface area (Å²) in [6, 6.07) is 8.40. The lowest BCUT2D eigenvalue weighted by atomic mass is 9.88. The standard InChI is InChI=1S/C32H41FN4O6/c1-19-24(33)10-12-27(42-5)28(19)35-29(38)20-15-21(18-34-17-20)30(39)37(22-7-8-22)23-9-11-26-25(16-23)36(13-6-14-41-4)31(40)32(2,3)43-26/h9-12,16,20-22,34H,6-8,13-15,17-18H2,1-5H3,(H,35,38)/t20-,21+/m0/s1. The van der Waals surface area contributed by atoms with Gasteiger partial charge in [-0.1, -0.05) is 0 Å². The van der Waals surface area contributed by atoms with E-state index in [1.165, 1.54) is 19.2 Å². The number of ether oxygens (including phenoxy) is 3. The number of hydrogen-bond acceptors (Lipinski definition) is 7. The molecule has 232 valence electrons. The summed E-state index contributed by atoms with van der Waals surface area (Å²) in [5, 5.41) is 6.09. The highest BCUT2D eigenvalue weighted by atomic mass is 19.1. The van der Waals surface area contributed by atoms with E-state index in [0.717, 1.165) is 12.8 Å². The van der Waals surface area contributed by atoms with Crippen LogP contribution in [0.15, 0.2) is 30.3 Å². The molecule has 0 aromatic heterocycles. The highest BCUT2D eigenvalue weighted by Gasteiger charge is 2.43. The quantitative estimate of drug-likeness (QED) is 0.399. The van der Waals surface area contributed by atoms with Crippen molar-refractivity contribution in [1.82, 2.24) is 5.32 Å². The van der Waals surface area contributed by atoms with E-state index in [1.807, 2.05) is 23.1 Å². The summed E-state index contributed by atoms with van der Waals surface area (Å²) >= 11 is 0. The van der Waals surface area contributed by atoms with E-state index in [-0.39, 0.29) is 23.8 Å². The second-order valence-electron chi connectivity index (χ2n) is 12.0. The normalized spacial score (nSPS) is 21.1. The monoisotopic (exact) mass is 596 g/mol. The lowest BCUT2D eigenvalue weighted by Crippen LogP contribution is -2.53. The number of nitrogens with zero attached hydrogens (tertiary/aromatic N) is 2. The lowest BCUT2D eigenvalue weighted by molar-refractivity contribution is -0.132. The first-order chi connectivity index (χ1) is 20.6. The molecule has 0 unspecified atom stereocenters. The molecule has 2 aromatic carbocycles. The van der Waals surface area contributed by atoms with Crippen LogP contribution in [0.3, 0.4) is 0 Å². The fraction of sp³-hybridized carbons (Fsp3) is 0.531. The van der Waals surface area contributed by atoms with Crippen LogP contribution in [0, 0.1) is 24.6 Å². The number of anilines is 3. The molecule has 2 fully saturated rings. The Hall–Kier alpha value is -3.70. The zero-order valence-electron chi connectivity index (χ0n) is 25.5. The molecule has 0 radical (unpaired) electrons. The smallest absolute Gasteiger partial charge is 0.270 e. The number of benzene rings is 2. The number of halogens is 1. The molecule has 2 atom stereocenters. The van der Waals surface area contributed by atoms with Crippen LogP contribution in [-0.2, 0) is 19.1 Å². The van der Waals surface area contributed by atoms with Gasteiger partial charge >= 0.3 is 0 Å². The van der Waals surface area contributed by atoms with Gasteiger partial charge in [0, 0.05) is 50.6 Å². The van der Waals surface area contributed by atoms with Crippen LogP contribution in [0.4, 0.5) is 21.5 Å². The Morgan fingerprint density at radius 3 is 2.60 bits per heavy atom. The van der Waals surface area contributed by atoms with Crippen molar-refractivity contribution >= 4 is 34.8 Å². The summed E-state index contributed by atoms with van der Waals surface area (Å²) in [5.41, 5.74) is 0.911. The average Bonchev–Trinajstić information content (AvgIpc) is 3.83. The number of piperidine rings is 1. The van der Waals surface area contributed by atoms with E-state index in [9.17, 15) is 18.8 Å². The molecule has 5 rings (SSSR count). The van der Waals surface area contributed by atoms with Gasteiger partial charge in [-0.2, -0.15) is 0 Å². The van der Waals surface area contributed by atoms with Crippen molar-refractivity contribution in [3.8, 4) is 11.5 Å². The maximum atomic E-state index is 14.2. The van der Waals surface area contributed by atoms with Gasteiger partial charge in [-0.15, -0.1) is 0 Å². The van der Waals surface area contributed by atoms with Gasteiger partial charge < -0.3 is 34.6 Å². The zero-order valence-corrected chi connectivity index (χ0v) is 25.5. The average molecular weight is 597 g/mol. The van der Waals surface area contributed by atoms with E-state index in [2.05, 4.69) is 10.6 Å². The summed E-state index contributed by atoms with van der Waals surface area (Å²) in [6.45, 7) is 6.92. The topological polar surface area (TPSA) is 109 Å². The molecule has 1 saturated heterocycles. The van der Waals surface area contributed by atoms with Crippen LogP contribution in [0.5, 0.6) is 11.5 Å². The summed E-state index contributed by atoms with van der Waals surface area (Å²) in [6.07, 6.45) is 2.77. The fourth-order valence-corrected chi connectivity index (χ4v) is 5.88. The van der Waals surface area contributed by atoms with Crippen molar-refractivity contribution in [1.29, 1.82) is 0 Å². The molecular weight excluding hydrogens is 555 g/mol. The Balaban J connectivity index is 1.36. The predicted octanol–water partition coefficient (Wildman–Crippen LogP) is 4.04. The number of rotatable bonds is 10. The van der Waals surface area contributed by atoms with Gasteiger partial charge in [0.05, 0.1) is 30.3 Å². The van der Waals surface area contributed by atoms with Crippen LogP contribution in [0.2, 0.25) is 0 Å². The molecule has 2 N–H and O–H groups in total. The van der Waals surface area contributed by atoms with Gasteiger partial charge in [0.2, 0.25) is 11.8 Å². The number of fused-ring (bicyclic) bond motifs is 1. The third kappa shape index (κ3) is 6.33. The molecule has 1 aliphatic carbocycles. The Bertz CT molecular complexity index is 1390. The number of carbonyl (C=O) groups is 3. The number of carbonyl (C=O) groups excluding carboxylic acids is 3. The first kappa shape index (κ1) is 30.7. The van der Waals surface area contributed by atoms with Crippen molar-refractivity contribution in [2.24, 2.45) is 11.8 Å². The van der Waals surface area contributed by atoms with Crippen LogP contribution in [-0.4, -0.2) is 69.8 Å². The Kier molecular flexibility index (Phi) is 8.94. The Morgan fingerprint density at radius 1 is 1.16 bits per heavy atom. The minimum Gasteiger partial charge on any atom is -0.495 e. The van der Waals surface area contributed by atoms with Gasteiger partial charge in [0.25, 0.3) is 5.91 Å². The number of hydrogen-bond donors (Lipinski definition) is 2. The SMILES string of the molecule is COCCCN1C(=O)C(C)(C)Oc2ccc(N(C(=O)[C@H]3CNC[C@@H](C(=O)Nc4c(OC)ccc(F)c4C)C3)C3CC3)cc21. The third-order valence-electron chi connectivity index (χ3n) is 8.42. The first-order valence-electron chi connectivity index (χ1n) is 14.9. The second kappa shape index (κ2) is 12.5. The summed E-state index contributed by atoms with van der Waals surface area (Å²) in [5.74, 6) is -0.923. The number of nitrogens with one attached hydrogen (secondary N) is 2. The molecule has 3 aliphatic rings. The van der Waals surface area contributed by atoms with Gasteiger partial charge in [-0.25, -0.2) is 4.39 Å². The van der Waals surface area contributed by atoms with Gasteiger partial charge in [0.1, 0.15) is 17.3 Å². The Morgan fingerprint density at radius 2 is 1.91 bits per heavy atom. The summed E-state index contributed by atoms with van der Waals surface area (Å²) in [7, 11) is 3.10. The predicted molar refractivity (Wildman–Crippen MR) is 161 cm³/mol. The summed E-state index contributed by atoms with van der Waals surface area (Å²) in [4.78, 5) is 44.3. The van der Waals surface area contributed by atoms with Crippen LogP contribution < -0.4 is 29.9 Å². The molecule has 1 saturated carbocycles. The van der Waals surface area contributed by atoms with Crippen molar-refractivity contribution in [2.45, 2.75) is 58.1 Å². The molecule has 0 bridgehead atoms. The third-order valence-corrected chi connectivity index (χ3v) is 8.42. The lowest BCUT2D eigenvalue weighted by Gasteiger charge is -2.39. The summed E-state index contributed by atoms with van der Waals surface area (Å²) < 4.78 is 30.9. The highest BCUT2D eigenvalue weighted by molar-refractivity contribution is 6.04. The van der Waals surface area contributed by atoms with Crippen molar-refractivity contribution < 1.29 is 33.0 Å². The second-order valence-corrected chi connectivity index (χ2v) is 12.0. The minimum absolute atomic E-state index is 0.0533. The Labute approximate surface area is 251 Å². The maximum absolute atomic E-state index is 14.2. The highest BCUT2D eigenvalue weighted by Crippen LogP contribution is 2.43. The molecule has 2 aliphatic heterocycles. The van der Waals surface area contributed by atoms with E-state index < -0.39 is 23.3 Å². The fourth-order valence-electron chi connectivity index (χ4n) is 5.88. The molecular formula is C32H41FN4O6. The number of amides is 3. The zero-order chi connectivity index (χ0) is 30.9. The largest absolute Gasteiger partial charge is 0.495 e.